The second-order valence-electron chi connectivity index (χ2n) is 6.30. The molecule has 3 aromatic rings. The number of benzene rings is 2. The van der Waals surface area contributed by atoms with E-state index in [2.05, 4.69) is 31.6 Å². The van der Waals surface area contributed by atoms with Crippen LogP contribution in [0.15, 0.2) is 34.8 Å². The Kier molecular flexibility index (Phi) is 7.74. The van der Waals surface area contributed by atoms with E-state index in [9.17, 15) is 4.39 Å². The maximum absolute atomic E-state index is 14.1. The van der Waals surface area contributed by atoms with E-state index < -0.39 is 5.82 Å². The fraction of sp³-hybridized carbons (Fsp3) is 0.300. The van der Waals surface area contributed by atoms with Crippen LogP contribution in [0.3, 0.4) is 0 Å². The van der Waals surface area contributed by atoms with Crippen LogP contribution in [0.2, 0.25) is 5.02 Å². The first-order valence-electron chi connectivity index (χ1n) is 9.35. The van der Waals surface area contributed by atoms with Gasteiger partial charge in [-0.05, 0) is 64.9 Å². The van der Waals surface area contributed by atoms with Crippen LogP contribution in [0.25, 0.3) is 0 Å². The summed E-state index contributed by atoms with van der Waals surface area (Å²) in [6.45, 7) is 4.80. The molecule has 0 saturated carbocycles. The van der Waals surface area contributed by atoms with Crippen molar-refractivity contribution in [2.75, 3.05) is 12.0 Å². The third-order valence-corrected chi connectivity index (χ3v) is 5.51. The van der Waals surface area contributed by atoms with E-state index in [0.29, 0.717) is 44.5 Å². The third kappa shape index (κ3) is 5.14. The van der Waals surface area contributed by atoms with Crippen molar-refractivity contribution in [3.05, 3.63) is 67.4 Å². The van der Waals surface area contributed by atoms with E-state index in [1.54, 1.807) is 16.8 Å². The van der Waals surface area contributed by atoms with Crippen molar-refractivity contribution >= 4 is 39.7 Å². The molecule has 1 heterocycles. The second kappa shape index (κ2) is 10.3. The van der Waals surface area contributed by atoms with Crippen molar-refractivity contribution in [3.8, 4) is 11.5 Å². The average molecular weight is 516 g/mol. The zero-order chi connectivity index (χ0) is 21.7. The molecule has 2 N–H and O–H groups in total. The van der Waals surface area contributed by atoms with Gasteiger partial charge in [0.2, 0.25) is 4.77 Å². The molecule has 0 bridgehead atoms. The largest absolute Gasteiger partial charge is 0.490 e. The number of hydrogen-bond donors (Lipinski definition) is 2. The van der Waals surface area contributed by atoms with E-state index in [-0.39, 0.29) is 6.61 Å². The summed E-state index contributed by atoms with van der Waals surface area (Å²) in [7, 11) is 0. The Morgan fingerprint density at radius 2 is 2.10 bits per heavy atom. The van der Waals surface area contributed by atoms with Crippen molar-refractivity contribution in [1.29, 1.82) is 0 Å². The number of hydrogen-bond acceptors (Lipinski definition) is 5. The van der Waals surface area contributed by atoms with E-state index >= 15 is 0 Å². The molecule has 0 amide bonds. The lowest BCUT2D eigenvalue weighted by Crippen LogP contribution is -2.17. The second-order valence-corrected chi connectivity index (χ2v) is 7.94. The summed E-state index contributed by atoms with van der Waals surface area (Å²) in [6.07, 6.45) is 0.736. The van der Waals surface area contributed by atoms with E-state index in [0.717, 1.165) is 17.8 Å². The highest BCUT2D eigenvalue weighted by atomic mass is 79.9. The van der Waals surface area contributed by atoms with Crippen molar-refractivity contribution < 1.29 is 13.9 Å². The van der Waals surface area contributed by atoms with Gasteiger partial charge in [0.15, 0.2) is 17.3 Å². The van der Waals surface area contributed by atoms with Crippen LogP contribution < -0.4 is 14.9 Å². The molecule has 10 heteroatoms. The van der Waals surface area contributed by atoms with Gasteiger partial charge in [-0.15, -0.1) is 0 Å². The number of halogens is 3. The number of ether oxygens (including phenoxy) is 2. The molecule has 160 valence electrons. The molecule has 0 radical (unpaired) electrons. The first-order chi connectivity index (χ1) is 14.4. The highest BCUT2D eigenvalue weighted by Gasteiger charge is 2.15. The average Bonchev–Trinajstić information content (AvgIpc) is 3.07. The molecule has 0 aliphatic carbocycles. The van der Waals surface area contributed by atoms with Gasteiger partial charge in [0.1, 0.15) is 12.4 Å². The maximum Gasteiger partial charge on any atom is 0.214 e. The molecule has 0 aliphatic heterocycles. The van der Waals surface area contributed by atoms with Gasteiger partial charge in [-0.2, -0.15) is 5.10 Å². The van der Waals surface area contributed by atoms with Crippen molar-refractivity contribution in [3.63, 3.8) is 0 Å². The van der Waals surface area contributed by atoms with Gasteiger partial charge in [0.25, 0.3) is 0 Å². The predicted molar refractivity (Wildman–Crippen MR) is 121 cm³/mol. The summed E-state index contributed by atoms with van der Waals surface area (Å²) in [6, 6.07) is 8.31. The first-order valence-corrected chi connectivity index (χ1v) is 10.9. The monoisotopic (exact) mass is 514 g/mol. The molecule has 0 unspecified atom stereocenters. The van der Waals surface area contributed by atoms with Crippen LogP contribution in [-0.4, -0.2) is 21.5 Å². The maximum atomic E-state index is 14.1. The molecule has 0 aliphatic rings. The number of aryl methyl sites for hydroxylation is 1. The zero-order valence-corrected chi connectivity index (χ0v) is 19.6. The SMILES string of the molecule is CCOc1cc(CNn2c(CC)n[nH]c2=S)cc(Br)c1OCc1c(F)cccc1Cl. The summed E-state index contributed by atoms with van der Waals surface area (Å²) in [4.78, 5) is 0. The van der Waals surface area contributed by atoms with Gasteiger partial charge in [-0.25, -0.2) is 9.07 Å². The minimum Gasteiger partial charge on any atom is -0.490 e. The van der Waals surface area contributed by atoms with Gasteiger partial charge < -0.3 is 14.9 Å². The summed E-state index contributed by atoms with van der Waals surface area (Å²) < 4.78 is 28.6. The lowest BCUT2D eigenvalue weighted by Gasteiger charge is -2.17. The quantitative estimate of drug-likeness (QED) is 0.354. The highest BCUT2D eigenvalue weighted by Crippen LogP contribution is 2.38. The fourth-order valence-corrected chi connectivity index (χ4v) is 3.88. The van der Waals surface area contributed by atoms with Gasteiger partial charge in [0.05, 0.1) is 22.6 Å². The van der Waals surface area contributed by atoms with Crippen LogP contribution in [0.5, 0.6) is 11.5 Å². The molecule has 3 rings (SSSR count). The van der Waals surface area contributed by atoms with Crippen LogP contribution in [-0.2, 0) is 19.6 Å². The molecule has 1 aromatic heterocycles. The molecule has 0 atom stereocenters. The Balaban J connectivity index is 1.81. The third-order valence-electron chi connectivity index (χ3n) is 4.29. The van der Waals surface area contributed by atoms with E-state index in [1.165, 1.54) is 6.07 Å². The lowest BCUT2D eigenvalue weighted by atomic mass is 10.2. The Morgan fingerprint density at radius 1 is 1.30 bits per heavy atom. The van der Waals surface area contributed by atoms with Crippen molar-refractivity contribution in [2.24, 2.45) is 0 Å². The van der Waals surface area contributed by atoms with Crippen LogP contribution in [0.4, 0.5) is 4.39 Å². The highest BCUT2D eigenvalue weighted by molar-refractivity contribution is 9.10. The number of aromatic amines is 1. The van der Waals surface area contributed by atoms with E-state index in [1.807, 2.05) is 26.0 Å². The van der Waals surface area contributed by atoms with Gasteiger partial charge in [0, 0.05) is 12.0 Å². The summed E-state index contributed by atoms with van der Waals surface area (Å²) in [5.41, 5.74) is 4.48. The number of nitrogens with zero attached hydrogens (tertiary/aromatic N) is 2. The minimum absolute atomic E-state index is 0.0220. The van der Waals surface area contributed by atoms with E-state index in [4.69, 9.17) is 33.3 Å². The van der Waals surface area contributed by atoms with Crippen LogP contribution >= 0.6 is 39.7 Å². The van der Waals surface area contributed by atoms with Crippen molar-refractivity contribution in [2.45, 2.75) is 33.4 Å². The first kappa shape index (κ1) is 22.6. The normalized spacial score (nSPS) is 10.8. The molecular weight excluding hydrogens is 495 g/mol. The van der Waals surface area contributed by atoms with Crippen LogP contribution in [0.1, 0.15) is 30.8 Å². The fourth-order valence-electron chi connectivity index (χ4n) is 2.84. The van der Waals surface area contributed by atoms with Gasteiger partial charge in [-0.3, -0.25) is 5.10 Å². The smallest absolute Gasteiger partial charge is 0.214 e. The van der Waals surface area contributed by atoms with Crippen molar-refractivity contribution in [1.82, 2.24) is 14.9 Å². The summed E-state index contributed by atoms with van der Waals surface area (Å²) in [5, 5.41) is 7.27. The topological polar surface area (TPSA) is 64.1 Å². The summed E-state index contributed by atoms with van der Waals surface area (Å²) in [5.74, 6) is 1.42. The molecule has 0 fully saturated rings. The Labute approximate surface area is 192 Å². The lowest BCUT2D eigenvalue weighted by molar-refractivity contribution is 0.264. The molecule has 0 saturated heterocycles. The van der Waals surface area contributed by atoms with Gasteiger partial charge in [-0.1, -0.05) is 24.6 Å². The Morgan fingerprint density at radius 3 is 2.80 bits per heavy atom. The zero-order valence-electron chi connectivity index (χ0n) is 16.5. The molecule has 30 heavy (non-hydrogen) atoms. The number of aromatic nitrogens is 3. The van der Waals surface area contributed by atoms with Gasteiger partial charge >= 0.3 is 0 Å². The standard InChI is InChI=1S/C20H21BrClFN4O2S/c1-3-18-25-26-20(30)27(18)24-10-12-8-14(21)19(17(9-12)28-4-2)29-11-13-15(22)6-5-7-16(13)23/h5-9,24H,3-4,10-11H2,1-2H3,(H,26,30). The summed E-state index contributed by atoms with van der Waals surface area (Å²) >= 11 is 14.9. The Hall–Kier alpha value is -2.10. The number of H-pyrrole nitrogens is 1. The number of rotatable bonds is 9. The predicted octanol–water partition coefficient (Wildman–Crippen LogP) is 5.78. The molecular formula is C20H21BrClFN4O2S. The Bertz CT molecular complexity index is 1070. The molecule has 6 nitrogen and oxygen atoms in total. The number of nitrogens with one attached hydrogen (secondary N) is 2. The molecule has 0 spiro atoms. The molecule has 2 aromatic carbocycles. The minimum atomic E-state index is -0.416. The van der Waals surface area contributed by atoms with Crippen LogP contribution in [0, 0.1) is 10.6 Å².